The molecule has 1 aliphatic carbocycles. The Kier molecular flexibility index (Phi) is 8.07. The van der Waals surface area contributed by atoms with Gasteiger partial charge in [0.2, 0.25) is 5.91 Å². The molecule has 1 fully saturated rings. The van der Waals surface area contributed by atoms with E-state index in [0.717, 1.165) is 13.1 Å². The second-order valence-corrected chi connectivity index (χ2v) is 6.89. The fourth-order valence-corrected chi connectivity index (χ4v) is 3.60. The molecule has 0 aliphatic heterocycles. The molecule has 0 aromatic heterocycles. The van der Waals surface area contributed by atoms with Crippen LogP contribution in [0.4, 0.5) is 0 Å². The molecule has 1 aliphatic rings. The molecular weight excluding hydrogens is 308 g/mol. The lowest BCUT2D eigenvalue weighted by Gasteiger charge is -2.38. The second-order valence-electron chi connectivity index (χ2n) is 6.89. The predicted molar refractivity (Wildman–Crippen MR) is 99.3 cm³/mol. The highest BCUT2D eigenvalue weighted by molar-refractivity contribution is 5.85. The van der Waals surface area contributed by atoms with Crippen LogP contribution in [-0.4, -0.2) is 26.0 Å². The zero-order valence-electron chi connectivity index (χ0n) is 14.7. The molecule has 4 heteroatoms. The summed E-state index contributed by atoms with van der Waals surface area (Å²) >= 11 is 0. The summed E-state index contributed by atoms with van der Waals surface area (Å²) in [6, 6.07) is 8.83. The minimum Gasteiger partial charge on any atom is -0.355 e. The number of halogens is 1. The standard InChI is InChI=1S/C19H30N2O.ClH/c1-15-8-7-9-17(12-15)19(10-5-4-6-11-19)14-21-18(22)16(2)13-20-3;/h7-9,12,16,20H,4-6,10-11,13-14H2,1-3H3,(H,21,22);1H. The Hall–Kier alpha value is -1.06. The fraction of sp³-hybridized carbons (Fsp3) is 0.632. The second kappa shape index (κ2) is 9.29. The van der Waals surface area contributed by atoms with Crippen LogP contribution in [0.2, 0.25) is 0 Å². The van der Waals surface area contributed by atoms with Crippen molar-refractivity contribution in [1.82, 2.24) is 10.6 Å². The first-order valence-electron chi connectivity index (χ1n) is 8.57. The Balaban J connectivity index is 0.00000264. The lowest BCUT2D eigenvalue weighted by molar-refractivity contribution is -0.124. The van der Waals surface area contributed by atoms with Gasteiger partial charge in [0.1, 0.15) is 0 Å². The number of aryl methyl sites for hydroxylation is 1. The Morgan fingerprint density at radius 1 is 1.26 bits per heavy atom. The molecule has 2 rings (SSSR count). The van der Waals surface area contributed by atoms with E-state index in [1.165, 1.54) is 43.2 Å². The first-order chi connectivity index (χ1) is 10.6. The maximum Gasteiger partial charge on any atom is 0.224 e. The zero-order valence-corrected chi connectivity index (χ0v) is 15.5. The maximum absolute atomic E-state index is 12.3. The normalized spacial score (nSPS) is 17.9. The third kappa shape index (κ3) is 5.22. The lowest BCUT2D eigenvalue weighted by Crippen LogP contribution is -2.44. The van der Waals surface area contributed by atoms with Crippen molar-refractivity contribution in [2.75, 3.05) is 20.1 Å². The van der Waals surface area contributed by atoms with Crippen molar-refractivity contribution in [3.05, 3.63) is 35.4 Å². The molecule has 0 bridgehead atoms. The van der Waals surface area contributed by atoms with E-state index < -0.39 is 0 Å². The largest absolute Gasteiger partial charge is 0.355 e. The molecule has 0 saturated heterocycles. The van der Waals surface area contributed by atoms with Crippen LogP contribution in [-0.2, 0) is 10.2 Å². The van der Waals surface area contributed by atoms with Crippen molar-refractivity contribution in [1.29, 1.82) is 0 Å². The van der Waals surface area contributed by atoms with Crippen LogP contribution >= 0.6 is 12.4 Å². The van der Waals surface area contributed by atoms with Gasteiger partial charge in [-0.05, 0) is 32.4 Å². The molecular formula is C19H31ClN2O. The molecule has 1 amide bonds. The number of nitrogens with one attached hydrogen (secondary N) is 2. The van der Waals surface area contributed by atoms with E-state index in [1.807, 2.05) is 14.0 Å². The molecule has 1 aromatic rings. The quantitative estimate of drug-likeness (QED) is 0.832. The third-order valence-electron chi connectivity index (χ3n) is 5.00. The van der Waals surface area contributed by atoms with Crippen molar-refractivity contribution >= 4 is 18.3 Å². The summed E-state index contributed by atoms with van der Waals surface area (Å²) in [5, 5.41) is 6.29. The van der Waals surface area contributed by atoms with Gasteiger partial charge in [-0.25, -0.2) is 0 Å². The number of carbonyl (C=O) groups is 1. The van der Waals surface area contributed by atoms with Gasteiger partial charge in [0.25, 0.3) is 0 Å². The number of hydrogen-bond acceptors (Lipinski definition) is 2. The van der Waals surface area contributed by atoms with Crippen LogP contribution in [0.5, 0.6) is 0 Å². The van der Waals surface area contributed by atoms with E-state index in [4.69, 9.17) is 0 Å². The Bertz CT molecular complexity index is 498. The summed E-state index contributed by atoms with van der Waals surface area (Å²) in [5.74, 6) is 0.176. The van der Waals surface area contributed by atoms with Crippen LogP contribution in [0.25, 0.3) is 0 Å². The molecule has 0 spiro atoms. The number of rotatable bonds is 6. The summed E-state index contributed by atoms with van der Waals surface area (Å²) < 4.78 is 0. The minimum atomic E-state index is 0. The monoisotopic (exact) mass is 338 g/mol. The number of benzene rings is 1. The van der Waals surface area contributed by atoms with Gasteiger partial charge < -0.3 is 10.6 Å². The van der Waals surface area contributed by atoms with Crippen molar-refractivity contribution in [3.63, 3.8) is 0 Å². The summed E-state index contributed by atoms with van der Waals surface area (Å²) in [6.07, 6.45) is 6.19. The SMILES string of the molecule is CNCC(C)C(=O)NCC1(c2cccc(C)c2)CCCCC1.Cl. The maximum atomic E-state index is 12.3. The molecule has 2 N–H and O–H groups in total. The summed E-state index contributed by atoms with van der Waals surface area (Å²) in [6.45, 7) is 5.62. The third-order valence-corrected chi connectivity index (χ3v) is 5.00. The number of hydrogen-bond donors (Lipinski definition) is 2. The molecule has 1 aromatic carbocycles. The summed E-state index contributed by atoms with van der Waals surface area (Å²) in [7, 11) is 1.89. The van der Waals surface area contributed by atoms with Gasteiger partial charge in [-0.2, -0.15) is 0 Å². The number of carbonyl (C=O) groups excluding carboxylic acids is 1. The van der Waals surface area contributed by atoms with Crippen molar-refractivity contribution in [3.8, 4) is 0 Å². The van der Waals surface area contributed by atoms with Gasteiger partial charge in [-0.1, -0.05) is 56.0 Å². The van der Waals surface area contributed by atoms with Gasteiger partial charge in [-0.3, -0.25) is 4.79 Å². The summed E-state index contributed by atoms with van der Waals surface area (Å²) in [5.41, 5.74) is 2.82. The van der Waals surface area contributed by atoms with Crippen LogP contribution < -0.4 is 10.6 Å². The average molecular weight is 339 g/mol. The van der Waals surface area contributed by atoms with Crippen molar-refractivity contribution in [2.24, 2.45) is 5.92 Å². The molecule has 1 saturated carbocycles. The molecule has 0 heterocycles. The molecule has 130 valence electrons. The Morgan fingerprint density at radius 3 is 2.57 bits per heavy atom. The predicted octanol–water partition coefficient (Wildman–Crippen LogP) is 3.59. The van der Waals surface area contributed by atoms with E-state index in [9.17, 15) is 4.79 Å². The Morgan fingerprint density at radius 2 is 1.96 bits per heavy atom. The van der Waals surface area contributed by atoms with Crippen LogP contribution in [0.3, 0.4) is 0 Å². The van der Waals surface area contributed by atoms with Gasteiger partial charge in [0, 0.05) is 24.4 Å². The summed E-state index contributed by atoms with van der Waals surface area (Å²) in [4.78, 5) is 12.3. The van der Waals surface area contributed by atoms with Gasteiger partial charge in [0.15, 0.2) is 0 Å². The van der Waals surface area contributed by atoms with Crippen LogP contribution in [0.15, 0.2) is 24.3 Å². The topological polar surface area (TPSA) is 41.1 Å². The van der Waals surface area contributed by atoms with Crippen LogP contribution in [0.1, 0.15) is 50.2 Å². The average Bonchev–Trinajstić information content (AvgIpc) is 2.53. The molecule has 1 unspecified atom stereocenters. The van der Waals surface area contributed by atoms with E-state index >= 15 is 0 Å². The smallest absolute Gasteiger partial charge is 0.224 e. The minimum absolute atomic E-state index is 0. The fourth-order valence-electron chi connectivity index (χ4n) is 3.60. The Labute approximate surface area is 147 Å². The van der Waals surface area contributed by atoms with Gasteiger partial charge in [-0.15, -0.1) is 12.4 Å². The lowest BCUT2D eigenvalue weighted by atomic mass is 9.69. The van der Waals surface area contributed by atoms with E-state index in [0.29, 0.717) is 0 Å². The highest BCUT2D eigenvalue weighted by atomic mass is 35.5. The molecule has 3 nitrogen and oxygen atoms in total. The highest BCUT2D eigenvalue weighted by Gasteiger charge is 2.34. The first kappa shape index (κ1) is 20.0. The van der Waals surface area contributed by atoms with Crippen molar-refractivity contribution < 1.29 is 4.79 Å². The van der Waals surface area contributed by atoms with E-state index in [2.05, 4.69) is 41.8 Å². The molecule has 1 atom stereocenters. The van der Waals surface area contributed by atoms with Gasteiger partial charge >= 0.3 is 0 Å². The highest BCUT2D eigenvalue weighted by Crippen LogP contribution is 2.39. The molecule has 0 radical (unpaired) electrons. The van der Waals surface area contributed by atoms with Crippen molar-refractivity contribution in [2.45, 2.75) is 51.4 Å². The van der Waals surface area contributed by atoms with Crippen LogP contribution in [0, 0.1) is 12.8 Å². The zero-order chi connectivity index (χ0) is 16.0. The number of amides is 1. The first-order valence-corrected chi connectivity index (χ1v) is 8.57. The molecule has 23 heavy (non-hydrogen) atoms. The van der Waals surface area contributed by atoms with Gasteiger partial charge in [0.05, 0.1) is 0 Å². The van der Waals surface area contributed by atoms with E-state index in [-0.39, 0.29) is 29.6 Å². The van der Waals surface area contributed by atoms with E-state index in [1.54, 1.807) is 0 Å².